The second-order valence-corrected chi connectivity index (χ2v) is 10.7. The zero-order valence-corrected chi connectivity index (χ0v) is 22.3. The molecule has 1 unspecified atom stereocenters. The third kappa shape index (κ3) is 5.17. The number of nitrogens with two attached hydrogens (primary N) is 1. The smallest absolute Gasteiger partial charge is 0.253 e. The summed E-state index contributed by atoms with van der Waals surface area (Å²) in [5.41, 5.74) is 12.5. The van der Waals surface area contributed by atoms with Crippen LogP contribution < -0.4 is 10.6 Å². The van der Waals surface area contributed by atoms with E-state index in [0.29, 0.717) is 44.3 Å². The van der Waals surface area contributed by atoms with Gasteiger partial charge in [0.25, 0.3) is 5.91 Å². The molecule has 0 bridgehead atoms. The number of rotatable bonds is 7. The minimum atomic E-state index is 0.0735. The Morgan fingerprint density at radius 1 is 1.08 bits per heavy atom. The quantitative estimate of drug-likeness (QED) is 0.615. The third-order valence-corrected chi connectivity index (χ3v) is 8.05. The lowest BCUT2D eigenvalue weighted by molar-refractivity contribution is -0.134. The van der Waals surface area contributed by atoms with Gasteiger partial charge in [-0.3, -0.25) is 9.59 Å². The van der Waals surface area contributed by atoms with Crippen molar-refractivity contribution in [3.8, 4) is 11.1 Å². The maximum absolute atomic E-state index is 12.8. The summed E-state index contributed by atoms with van der Waals surface area (Å²) >= 11 is 0. The Kier molecular flexibility index (Phi) is 7.38. The fourth-order valence-corrected chi connectivity index (χ4v) is 5.72. The largest absolute Gasteiger partial charge is 0.396 e. The Hall–Kier alpha value is -3.13. The van der Waals surface area contributed by atoms with Crippen LogP contribution in [0.2, 0.25) is 0 Å². The summed E-state index contributed by atoms with van der Waals surface area (Å²) < 4.78 is 5.09. The van der Waals surface area contributed by atoms with Gasteiger partial charge >= 0.3 is 0 Å². The van der Waals surface area contributed by atoms with Crippen molar-refractivity contribution >= 4 is 23.3 Å². The van der Waals surface area contributed by atoms with Gasteiger partial charge in [0, 0.05) is 62.9 Å². The first-order valence-electron chi connectivity index (χ1n) is 13.6. The number of pyridine rings is 1. The van der Waals surface area contributed by atoms with Gasteiger partial charge in [0.1, 0.15) is 0 Å². The highest BCUT2D eigenvalue weighted by molar-refractivity contribution is 5.95. The van der Waals surface area contributed by atoms with Crippen molar-refractivity contribution in [3.63, 3.8) is 0 Å². The third-order valence-electron chi connectivity index (χ3n) is 8.05. The number of amides is 2. The maximum Gasteiger partial charge on any atom is 0.253 e. The van der Waals surface area contributed by atoms with Gasteiger partial charge in [-0.2, -0.15) is 0 Å². The van der Waals surface area contributed by atoms with Crippen LogP contribution in [0.15, 0.2) is 24.3 Å². The van der Waals surface area contributed by atoms with Crippen LogP contribution in [0.1, 0.15) is 66.6 Å². The van der Waals surface area contributed by atoms with E-state index in [-0.39, 0.29) is 17.9 Å². The molecule has 198 valence electrons. The summed E-state index contributed by atoms with van der Waals surface area (Å²) in [7, 11) is 1.62. The van der Waals surface area contributed by atoms with Crippen LogP contribution >= 0.6 is 0 Å². The number of likely N-dealkylation sites (tertiary alicyclic amines) is 1. The van der Waals surface area contributed by atoms with Crippen LogP contribution in [0.4, 0.5) is 11.5 Å². The lowest BCUT2D eigenvalue weighted by Gasteiger charge is -2.41. The van der Waals surface area contributed by atoms with Crippen LogP contribution in [-0.4, -0.2) is 79.1 Å². The topological polar surface area (TPSA) is 92.0 Å². The van der Waals surface area contributed by atoms with Gasteiger partial charge in [-0.1, -0.05) is 12.1 Å². The average Bonchev–Trinajstić information content (AvgIpc) is 3.61. The van der Waals surface area contributed by atoms with Crippen molar-refractivity contribution in [1.29, 1.82) is 0 Å². The van der Waals surface area contributed by atoms with Gasteiger partial charge in [-0.05, 0) is 62.8 Å². The molecule has 2 aromatic rings. The molecule has 0 radical (unpaired) electrons. The molecular weight excluding hydrogens is 466 g/mol. The minimum absolute atomic E-state index is 0.0735. The summed E-state index contributed by atoms with van der Waals surface area (Å²) in [4.78, 5) is 36.7. The van der Waals surface area contributed by atoms with Gasteiger partial charge in [-0.15, -0.1) is 0 Å². The van der Waals surface area contributed by atoms with Crippen LogP contribution in [-0.2, 0) is 9.53 Å². The number of benzene rings is 1. The van der Waals surface area contributed by atoms with E-state index in [2.05, 4.69) is 18.7 Å². The number of nitrogen functional groups attached to an aromatic ring is 1. The number of methoxy groups -OCH3 is 1. The van der Waals surface area contributed by atoms with Gasteiger partial charge in [0.15, 0.2) is 5.82 Å². The first kappa shape index (κ1) is 25.5. The highest BCUT2D eigenvalue weighted by Crippen LogP contribution is 2.47. The number of aromatic nitrogens is 1. The summed E-state index contributed by atoms with van der Waals surface area (Å²) in [5, 5.41) is 0. The van der Waals surface area contributed by atoms with Gasteiger partial charge < -0.3 is 25.2 Å². The SMILES string of the molecule is COCCC(=O)N1CCN(c2nc(C3CC3)c(-c3ccc(C(=O)N4CCCC4)cc3)c(C)c2N)CC1C. The molecular formula is C29H39N5O3. The fourth-order valence-electron chi connectivity index (χ4n) is 5.72. The molecule has 1 aromatic carbocycles. The van der Waals surface area contributed by atoms with Crippen molar-refractivity contribution in [2.75, 3.05) is 57.1 Å². The summed E-state index contributed by atoms with van der Waals surface area (Å²) in [5.74, 6) is 1.52. The van der Waals surface area contributed by atoms with Crippen molar-refractivity contribution in [1.82, 2.24) is 14.8 Å². The summed E-state index contributed by atoms with van der Waals surface area (Å²) in [6.07, 6.45) is 4.84. The molecule has 1 saturated carbocycles. The van der Waals surface area contributed by atoms with E-state index in [4.69, 9.17) is 15.5 Å². The van der Waals surface area contributed by atoms with E-state index in [1.807, 2.05) is 34.1 Å². The Balaban J connectivity index is 1.40. The Bertz CT molecular complexity index is 1160. The first-order chi connectivity index (χ1) is 17.9. The Morgan fingerprint density at radius 2 is 1.78 bits per heavy atom. The van der Waals surface area contributed by atoms with Crippen molar-refractivity contribution in [2.24, 2.45) is 0 Å². The molecule has 3 fully saturated rings. The molecule has 5 rings (SSSR count). The molecule has 2 N–H and O–H groups in total. The lowest BCUT2D eigenvalue weighted by Crippen LogP contribution is -2.54. The molecule has 2 aliphatic heterocycles. The molecule has 2 saturated heterocycles. The number of ether oxygens (including phenoxy) is 1. The highest BCUT2D eigenvalue weighted by atomic mass is 16.5. The number of anilines is 2. The molecule has 3 aliphatic rings. The fraction of sp³-hybridized carbons (Fsp3) is 0.552. The predicted octanol–water partition coefficient (Wildman–Crippen LogP) is 3.83. The number of carbonyl (C=O) groups excluding carboxylic acids is 2. The van der Waals surface area contributed by atoms with Crippen molar-refractivity contribution in [3.05, 3.63) is 41.1 Å². The van der Waals surface area contributed by atoms with E-state index < -0.39 is 0 Å². The molecule has 1 atom stereocenters. The molecule has 0 spiro atoms. The standard InChI is InChI=1S/C29H39N5O3/c1-19-18-33(15-16-34(19)24(35)12-17-37-3)28-26(30)20(2)25(27(31-28)22-8-9-22)21-6-10-23(11-7-21)29(36)32-13-4-5-14-32/h6-7,10-11,19,22H,4-5,8-9,12-18,30H2,1-3H3. The summed E-state index contributed by atoms with van der Waals surface area (Å²) in [6.45, 7) is 8.36. The molecule has 8 heteroatoms. The highest BCUT2D eigenvalue weighted by Gasteiger charge is 2.34. The van der Waals surface area contributed by atoms with Gasteiger partial charge in [0.2, 0.25) is 5.91 Å². The van der Waals surface area contributed by atoms with Crippen molar-refractivity contribution < 1.29 is 14.3 Å². The molecule has 3 heterocycles. The molecule has 1 aromatic heterocycles. The Morgan fingerprint density at radius 3 is 2.41 bits per heavy atom. The molecule has 2 amide bonds. The van der Waals surface area contributed by atoms with Crippen molar-refractivity contribution in [2.45, 2.75) is 57.9 Å². The number of hydrogen-bond acceptors (Lipinski definition) is 6. The number of nitrogens with zero attached hydrogens (tertiary/aromatic N) is 4. The van der Waals surface area contributed by atoms with E-state index in [1.54, 1.807) is 7.11 Å². The molecule has 1 aliphatic carbocycles. The monoisotopic (exact) mass is 505 g/mol. The second kappa shape index (κ2) is 10.7. The predicted molar refractivity (Wildman–Crippen MR) is 146 cm³/mol. The van der Waals surface area contributed by atoms with E-state index in [9.17, 15) is 9.59 Å². The minimum Gasteiger partial charge on any atom is -0.396 e. The van der Waals surface area contributed by atoms with Crippen LogP contribution in [0, 0.1) is 6.92 Å². The van der Waals surface area contributed by atoms with Gasteiger partial charge in [-0.25, -0.2) is 4.98 Å². The zero-order chi connectivity index (χ0) is 26.1. The van der Waals surface area contributed by atoms with E-state index in [0.717, 1.165) is 72.5 Å². The molecule has 37 heavy (non-hydrogen) atoms. The number of hydrogen-bond donors (Lipinski definition) is 1. The lowest BCUT2D eigenvalue weighted by atomic mass is 9.94. The number of carbonyl (C=O) groups is 2. The van der Waals surface area contributed by atoms with Crippen LogP contribution in [0.25, 0.3) is 11.1 Å². The van der Waals surface area contributed by atoms with E-state index >= 15 is 0 Å². The van der Waals surface area contributed by atoms with Crippen LogP contribution in [0.5, 0.6) is 0 Å². The molecule has 8 nitrogen and oxygen atoms in total. The summed E-state index contributed by atoms with van der Waals surface area (Å²) in [6, 6.07) is 8.05. The number of piperazine rings is 1. The maximum atomic E-state index is 12.8. The van der Waals surface area contributed by atoms with Crippen LogP contribution in [0.3, 0.4) is 0 Å². The Labute approximate surface area is 219 Å². The normalized spacial score (nSPS) is 20.0. The second-order valence-electron chi connectivity index (χ2n) is 10.7. The average molecular weight is 506 g/mol. The first-order valence-corrected chi connectivity index (χ1v) is 13.6. The zero-order valence-electron chi connectivity index (χ0n) is 22.3. The van der Waals surface area contributed by atoms with E-state index in [1.165, 1.54) is 0 Å². The van der Waals surface area contributed by atoms with Gasteiger partial charge in [0.05, 0.1) is 24.4 Å².